The van der Waals surface area contributed by atoms with Gasteiger partial charge in [-0.15, -0.1) is 0 Å². The largest absolute Gasteiger partial charge is 0.497 e. The monoisotopic (exact) mass is 424 g/mol. The van der Waals surface area contributed by atoms with Gasteiger partial charge in [-0.1, -0.05) is 24.3 Å². The summed E-state index contributed by atoms with van der Waals surface area (Å²) < 4.78 is 21.3. The van der Waals surface area contributed by atoms with Crippen LogP contribution in [0, 0.1) is 5.82 Å². The Kier molecular flexibility index (Phi) is 5.66. The van der Waals surface area contributed by atoms with Crippen LogP contribution in [0.25, 0.3) is 5.69 Å². The quantitative estimate of drug-likeness (QED) is 0.624. The average Bonchev–Trinajstić information content (AvgIpc) is 3.32. The first-order valence-corrected chi connectivity index (χ1v) is 9.91. The van der Waals surface area contributed by atoms with Gasteiger partial charge >= 0.3 is 5.69 Å². The Labute approximate surface area is 177 Å². The fourth-order valence-corrected chi connectivity index (χ4v) is 3.59. The molecule has 0 unspecified atom stereocenters. The van der Waals surface area contributed by atoms with Gasteiger partial charge in [-0.3, -0.25) is 14.2 Å². The van der Waals surface area contributed by atoms with Crippen molar-refractivity contribution >= 4 is 5.91 Å². The Morgan fingerprint density at radius 1 is 1.10 bits per heavy atom. The molecule has 9 heteroatoms. The van der Waals surface area contributed by atoms with Crippen molar-refractivity contribution in [3.63, 3.8) is 0 Å². The molecule has 4 rings (SSSR count). The lowest BCUT2D eigenvalue weighted by Gasteiger charge is -2.17. The number of benzene rings is 2. The molecule has 0 bridgehead atoms. The first-order chi connectivity index (χ1) is 15.0. The molecule has 0 N–H and O–H groups in total. The maximum absolute atomic E-state index is 14.4. The molecular weight excluding hydrogens is 403 g/mol. The van der Waals surface area contributed by atoms with Gasteiger partial charge in [0.05, 0.1) is 13.7 Å². The van der Waals surface area contributed by atoms with E-state index in [9.17, 15) is 18.8 Å². The standard InChI is InChI=1S/C22H21FN4O4/c1-31-16-8-6-7-15(13-16)14-26-21(29)19(20(28)25-11-4-5-12-25)24-27(22(26)30)18-10-3-2-9-17(18)23/h2-3,6-10,13H,4-5,11-12,14H2,1H3. The summed E-state index contributed by atoms with van der Waals surface area (Å²) in [5, 5.41) is 4.00. The van der Waals surface area contributed by atoms with Gasteiger partial charge in [0.1, 0.15) is 17.3 Å². The predicted molar refractivity (Wildman–Crippen MR) is 111 cm³/mol. The number of amides is 1. The van der Waals surface area contributed by atoms with Crippen LogP contribution in [0.2, 0.25) is 0 Å². The average molecular weight is 424 g/mol. The van der Waals surface area contributed by atoms with Crippen molar-refractivity contribution in [3.8, 4) is 11.4 Å². The van der Waals surface area contributed by atoms with Gasteiger partial charge in [0, 0.05) is 13.1 Å². The van der Waals surface area contributed by atoms with Crippen molar-refractivity contribution in [2.24, 2.45) is 0 Å². The van der Waals surface area contributed by atoms with Gasteiger partial charge in [0.2, 0.25) is 5.69 Å². The molecule has 0 atom stereocenters. The number of rotatable bonds is 5. The minimum atomic E-state index is -0.837. The lowest BCUT2D eigenvalue weighted by Crippen LogP contribution is -2.46. The third kappa shape index (κ3) is 3.98. The number of hydrogen-bond donors (Lipinski definition) is 0. The number of methoxy groups -OCH3 is 1. The van der Waals surface area contributed by atoms with Gasteiger partial charge in [-0.2, -0.15) is 9.78 Å². The highest BCUT2D eigenvalue weighted by atomic mass is 19.1. The molecule has 0 radical (unpaired) electrons. The van der Waals surface area contributed by atoms with E-state index in [1.54, 1.807) is 30.3 Å². The summed E-state index contributed by atoms with van der Waals surface area (Å²) in [4.78, 5) is 40.8. The highest BCUT2D eigenvalue weighted by molar-refractivity contribution is 5.92. The second-order valence-electron chi connectivity index (χ2n) is 7.24. The molecule has 160 valence electrons. The number of carbonyl (C=O) groups is 1. The first-order valence-electron chi connectivity index (χ1n) is 9.91. The van der Waals surface area contributed by atoms with Crippen LogP contribution in [0.5, 0.6) is 5.75 Å². The zero-order chi connectivity index (χ0) is 22.0. The molecule has 0 aliphatic carbocycles. The maximum atomic E-state index is 14.4. The molecule has 31 heavy (non-hydrogen) atoms. The zero-order valence-corrected chi connectivity index (χ0v) is 17.0. The van der Waals surface area contributed by atoms with E-state index in [4.69, 9.17) is 4.74 Å². The van der Waals surface area contributed by atoms with Crippen molar-refractivity contribution in [2.75, 3.05) is 20.2 Å². The van der Waals surface area contributed by atoms with Crippen LogP contribution in [0.4, 0.5) is 4.39 Å². The summed E-state index contributed by atoms with van der Waals surface area (Å²) in [7, 11) is 1.51. The Morgan fingerprint density at radius 2 is 1.84 bits per heavy atom. The van der Waals surface area contributed by atoms with Crippen LogP contribution in [-0.2, 0) is 6.54 Å². The number of para-hydroxylation sites is 1. The van der Waals surface area contributed by atoms with Gasteiger partial charge in [0.15, 0.2) is 0 Å². The Bertz CT molecular complexity index is 1240. The fourth-order valence-electron chi connectivity index (χ4n) is 3.59. The van der Waals surface area contributed by atoms with Crippen LogP contribution in [0.3, 0.4) is 0 Å². The van der Waals surface area contributed by atoms with Crippen LogP contribution >= 0.6 is 0 Å². The minimum Gasteiger partial charge on any atom is -0.497 e. The predicted octanol–water partition coefficient (Wildman–Crippen LogP) is 1.83. The molecule has 1 fully saturated rings. The molecule has 1 saturated heterocycles. The smallest absolute Gasteiger partial charge is 0.352 e. The Balaban J connectivity index is 1.90. The third-order valence-corrected chi connectivity index (χ3v) is 5.21. The molecule has 0 spiro atoms. The molecule has 1 aliphatic heterocycles. The molecule has 1 amide bonds. The van der Waals surface area contributed by atoms with Crippen molar-refractivity contribution in [3.05, 3.63) is 86.4 Å². The molecule has 2 aromatic carbocycles. The van der Waals surface area contributed by atoms with E-state index >= 15 is 0 Å². The van der Waals surface area contributed by atoms with Crippen molar-refractivity contribution < 1.29 is 13.9 Å². The molecule has 3 aromatic rings. The molecule has 1 aliphatic rings. The van der Waals surface area contributed by atoms with Gasteiger partial charge in [0.25, 0.3) is 11.5 Å². The molecule has 1 aromatic heterocycles. The fraction of sp³-hybridized carbons (Fsp3) is 0.273. The van der Waals surface area contributed by atoms with Crippen molar-refractivity contribution in [1.29, 1.82) is 0 Å². The molecule has 8 nitrogen and oxygen atoms in total. The van der Waals surface area contributed by atoms with E-state index in [0.29, 0.717) is 24.4 Å². The van der Waals surface area contributed by atoms with E-state index in [2.05, 4.69) is 5.10 Å². The topological polar surface area (TPSA) is 86.4 Å². The molecule has 2 heterocycles. The summed E-state index contributed by atoms with van der Waals surface area (Å²) in [5.41, 5.74) is -1.58. The number of nitrogens with zero attached hydrogens (tertiary/aromatic N) is 4. The SMILES string of the molecule is COc1cccc(Cn2c(=O)c(C(=O)N3CCCC3)nn(-c3ccccc3F)c2=O)c1. The summed E-state index contributed by atoms with van der Waals surface area (Å²) in [6, 6.07) is 12.5. The highest BCUT2D eigenvalue weighted by Crippen LogP contribution is 2.14. The Hall–Kier alpha value is -3.75. The summed E-state index contributed by atoms with van der Waals surface area (Å²) in [6.45, 7) is 0.898. The number of carbonyl (C=O) groups excluding carboxylic acids is 1. The van der Waals surface area contributed by atoms with E-state index in [-0.39, 0.29) is 12.2 Å². The van der Waals surface area contributed by atoms with E-state index in [0.717, 1.165) is 22.1 Å². The lowest BCUT2D eigenvalue weighted by molar-refractivity contribution is 0.0781. The number of likely N-dealkylation sites (tertiary alicyclic amines) is 1. The van der Waals surface area contributed by atoms with Crippen LogP contribution in [-0.4, -0.2) is 45.4 Å². The number of ether oxygens (including phenoxy) is 1. The van der Waals surface area contributed by atoms with Crippen LogP contribution < -0.4 is 16.0 Å². The summed E-state index contributed by atoms with van der Waals surface area (Å²) in [6.07, 6.45) is 1.66. The highest BCUT2D eigenvalue weighted by Gasteiger charge is 2.27. The van der Waals surface area contributed by atoms with Gasteiger partial charge in [-0.05, 0) is 42.7 Å². The van der Waals surface area contributed by atoms with E-state index < -0.39 is 28.7 Å². The lowest BCUT2D eigenvalue weighted by atomic mass is 10.2. The van der Waals surface area contributed by atoms with E-state index in [1.807, 2.05) is 0 Å². The van der Waals surface area contributed by atoms with E-state index in [1.165, 1.54) is 30.2 Å². The molecule has 0 saturated carbocycles. The third-order valence-electron chi connectivity index (χ3n) is 5.21. The summed E-state index contributed by atoms with van der Waals surface area (Å²) in [5.74, 6) is -0.697. The Morgan fingerprint density at radius 3 is 2.55 bits per heavy atom. The maximum Gasteiger partial charge on any atom is 0.352 e. The second kappa shape index (κ2) is 8.55. The first kappa shape index (κ1) is 20.5. The minimum absolute atomic E-state index is 0.119. The number of aromatic nitrogens is 3. The van der Waals surface area contributed by atoms with Crippen molar-refractivity contribution in [1.82, 2.24) is 19.2 Å². The van der Waals surface area contributed by atoms with Gasteiger partial charge < -0.3 is 9.64 Å². The van der Waals surface area contributed by atoms with Gasteiger partial charge in [-0.25, -0.2) is 9.18 Å². The van der Waals surface area contributed by atoms with Crippen LogP contribution in [0.15, 0.2) is 58.1 Å². The summed E-state index contributed by atoms with van der Waals surface area (Å²) >= 11 is 0. The van der Waals surface area contributed by atoms with Crippen molar-refractivity contribution in [2.45, 2.75) is 19.4 Å². The normalized spacial score (nSPS) is 13.4. The molecular formula is C22H21FN4O4. The zero-order valence-electron chi connectivity index (χ0n) is 17.0. The number of hydrogen-bond acceptors (Lipinski definition) is 5. The van der Waals surface area contributed by atoms with Crippen LogP contribution in [0.1, 0.15) is 28.9 Å². The number of halogens is 1. The second-order valence-corrected chi connectivity index (χ2v) is 7.24.